The van der Waals surface area contributed by atoms with Crippen molar-refractivity contribution in [3.63, 3.8) is 0 Å². The van der Waals surface area contributed by atoms with Crippen LogP contribution in [-0.4, -0.2) is 25.6 Å². The molecular formula is C23H25NO5. The fourth-order valence-electron chi connectivity index (χ4n) is 3.21. The second kappa shape index (κ2) is 9.78. The van der Waals surface area contributed by atoms with Crippen LogP contribution in [0.5, 0.6) is 5.75 Å². The predicted molar refractivity (Wildman–Crippen MR) is 110 cm³/mol. The first kappa shape index (κ1) is 20.5. The van der Waals surface area contributed by atoms with Crippen LogP contribution in [-0.2, 0) is 20.7 Å². The van der Waals surface area contributed by atoms with E-state index in [0.29, 0.717) is 16.9 Å². The van der Waals surface area contributed by atoms with Crippen LogP contribution in [0.25, 0.3) is 11.0 Å². The van der Waals surface area contributed by atoms with Crippen molar-refractivity contribution in [3.8, 4) is 5.75 Å². The summed E-state index contributed by atoms with van der Waals surface area (Å²) in [6.07, 6.45) is 3.30. The number of amides is 1. The second-order valence-electron chi connectivity index (χ2n) is 6.78. The van der Waals surface area contributed by atoms with Gasteiger partial charge in [0, 0.05) is 17.0 Å². The van der Waals surface area contributed by atoms with Gasteiger partial charge < -0.3 is 19.2 Å². The van der Waals surface area contributed by atoms with E-state index in [1.807, 2.05) is 36.4 Å². The van der Waals surface area contributed by atoms with Crippen molar-refractivity contribution in [1.29, 1.82) is 0 Å². The minimum atomic E-state index is -0.481. The number of nitrogens with one attached hydrogen (secondary N) is 1. The SMILES string of the molecule is CCC[C@H](NC(=O)COC(=O)Cc1coc2cc(OC)ccc12)c1ccccc1. The fraction of sp³-hybridized carbons (Fsp3) is 0.304. The highest BCUT2D eigenvalue weighted by atomic mass is 16.5. The molecule has 6 nitrogen and oxygen atoms in total. The molecule has 29 heavy (non-hydrogen) atoms. The summed E-state index contributed by atoms with van der Waals surface area (Å²) in [5, 5.41) is 3.76. The maximum Gasteiger partial charge on any atom is 0.310 e. The van der Waals surface area contributed by atoms with Crippen molar-refractivity contribution in [3.05, 3.63) is 65.9 Å². The number of hydrogen-bond acceptors (Lipinski definition) is 5. The molecule has 6 heteroatoms. The Bertz CT molecular complexity index is 964. The van der Waals surface area contributed by atoms with Gasteiger partial charge in [-0.2, -0.15) is 0 Å². The van der Waals surface area contributed by atoms with Crippen molar-refractivity contribution in [2.45, 2.75) is 32.2 Å². The Kier molecular flexibility index (Phi) is 6.89. The van der Waals surface area contributed by atoms with E-state index in [9.17, 15) is 9.59 Å². The zero-order valence-electron chi connectivity index (χ0n) is 16.6. The molecule has 0 spiro atoms. The van der Waals surface area contributed by atoms with Gasteiger partial charge in [0.15, 0.2) is 6.61 Å². The topological polar surface area (TPSA) is 77.8 Å². The van der Waals surface area contributed by atoms with E-state index in [2.05, 4.69) is 12.2 Å². The van der Waals surface area contributed by atoms with E-state index in [1.165, 1.54) is 6.26 Å². The number of fused-ring (bicyclic) bond motifs is 1. The number of carbonyl (C=O) groups excluding carboxylic acids is 2. The van der Waals surface area contributed by atoms with Gasteiger partial charge in [0.1, 0.15) is 11.3 Å². The molecule has 3 aromatic rings. The maximum absolute atomic E-state index is 12.3. The zero-order valence-corrected chi connectivity index (χ0v) is 16.6. The van der Waals surface area contributed by atoms with Gasteiger partial charge in [-0.15, -0.1) is 0 Å². The standard InChI is InChI=1S/C23H25NO5/c1-3-7-20(16-8-5-4-6-9-16)24-22(25)15-29-23(26)12-17-14-28-21-13-18(27-2)10-11-19(17)21/h4-6,8-11,13-14,20H,3,7,12,15H2,1-2H3,(H,24,25)/t20-/m0/s1. The summed E-state index contributed by atoms with van der Waals surface area (Å²) in [5.74, 6) is -0.120. The van der Waals surface area contributed by atoms with Crippen molar-refractivity contribution in [1.82, 2.24) is 5.32 Å². The molecule has 0 saturated heterocycles. The molecule has 1 aromatic heterocycles. The molecule has 152 valence electrons. The summed E-state index contributed by atoms with van der Waals surface area (Å²) in [6.45, 7) is 1.75. The third kappa shape index (κ3) is 5.38. The molecule has 3 rings (SSSR count). The number of rotatable bonds is 9. The van der Waals surface area contributed by atoms with Crippen LogP contribution in [0.1, 0.15) is 36.9 Å². The number of methoxy groups -OCH3 is 1. The van der Waals surface area contributed by atoms with Gasteiger partial charge in [-0.05, 0) is 24.1 Å². The molecule has 0 radical (unpaired) electrons. The van der Waals surface area contributed by atoms with E-state index >= 15 is 0 Å². The Hall–Kier alpha value is -3.28. The van der Waals surface area contributed by atoms with E-state index in [0.717, 1.165) is 23.8 Å². The Morgan fingerprint density at radius 2 is 1.93 bits per heavy atom. The third-order valence-corrected chi connectivity index (χ3v) is 4.68. The van der Waals surface area contributed by atoms with E-state index in [-0.39, 0.29) is 25.0 Å². The lowest BCUT2D eigenvalue weighted by Gasteiger charge is -2.18. The van der Waals surface area contributed by atoms with Gasteiger partial charge in [0.05, 0.1) is 25.8 Å². The summed E-state index contributed by atoms with van der Waals surface area (Å²) in [4.78, 5) is 24.5. The average Bonchev–Trinajstić information content (AvgIpc) is 3.14. The largest absolute Gasteiger partial charge is 0.497 e. The fourth-order valence-corrected chi connectivity index (χ4v) is 3.21. The number of carbonyl (C=O) groups is 2. The molecule has 0 unspecified atom stereocenters. The van der Waals surface area contributed by atoms with Crippen LogP contribution < -0.4 is 10.1 Å². The molecular weight excluding hydrogens is 370 g/mol. The number of benzene rings is 2. The molecule has 1 heterocycles. The van der Waals surface area contributed by atoms with Crippen LogP contribution in [0.15, 0.2) is 59.2 Å². The molecule has 1 N–H and O–H groups in total. The Morgan fingerprint density at radius 1 is 1.14 bits per heavy atom. The van der Waals surface area contributed by atoms with Gasteiger partial charge in [-0.25, -0.2) is 0 Å². The van der Waals surface area contributed by atoms with Gasteiger partial charge in [0.25, 0.3) is 5.91 Å². The normalized spacial score (nSPS) is 11.8. The first-order valence-corrected chi connectivity index (χ1v) is 9.64. The molecule has 1 amide bonds. The van der Waals surface area contributed by atoms with Crippen LogP contribution in [0.2, 0.25) is 0 Å². The minimum absolute atomic E-state index is 0.0314. The number of ether oxygens (including phenoxy) is 2. The van der Waals surface area contributed by atoms with E-state index in [4.69, 9.17) is 13.9 Å². The lowest BCUT2D eigenvalue weighted by Crippen LogP contribution is -2.32. The van der Waals surface area contributed by atoms with Crippen molar-refractivity contribution in [2.75, 3.05) is 13.7 Å². The first-order chi connectivity index (χ1) is 14.1. The van der Waals surface area contributed by atoms with Gasteiger partial charge in [-0.1, -0.05) is 43.7 Å². The molecule has 0 saturated carbocycles. The predicted octanol–water partition coefficient (Wildman–Crippen LogP) is 4.18. The Balaban J connectivity index is 1.54. The average molecular weight is 395 g/mol. The number of furan rings is 1. The number of esters is 1. The molecule has 0 aliphatic rings. The summed E-state index contributed by atoms with van der Waals surface area (Å²) in [6, 6.07) is 15.1. The van der Waals surface area contributed by atoms with Gasteiger partial charge in [-0.3, -0.25) is 9.59 Å². The summed E-state index contributed by atoms with van der Waals surface area (Å²) in [7, 11) is 1.58. The minimum Gasteiger partial charge on any atom is -0.497 e. The quantitative estimate of drug-likeness (QED) is 0.550. The van der Waals surface area contributed by atoms with Crippen LogP contribution >= 0.6 is 0 Å². The van der Waals surface area contributed by atoms with E-state index in [1.54, 1.807) is 19.2 Å². The van der Waals surface area contributed by atoms with Gasteiger partial charge in [0.2, 0.25) is 0 Å². The molecule has 0 bridgehead atoms. The van der Waals surface area contributed by atoms with E-state index < -0.39 is 5.97 Å². The summed E-state index contributed by atoms with van der Waals surface area (Å²) < 4.78 is 15.8. The highest BCUT2D eigenvalue weighted by Crippen LogP contribution is 2.26. The van der Waals surface area contributed by atoms with Crippen LogP contribution in [0.3, 0.4) is 0 Å². The van der Waals surface area contributed by atoms with Crippen molar-refractivity contribution >= 4 is 22.8 Å². The lowest BCUT2D eigenvalue weighted by atomic mass is 10.0. The highest BCUT2D eigenvalue weighted by molar-refractivity contribution is 5.87. The summed E-state index contributed by atoms with van der Waals surface area (Å²) >= 11 is 0. The Labute approximate surface area is 169 Å². The first-order valence-electron chi connectivity index (χ1n) is 9.64. The third-order valence-electron chi connectivity index (χ3n) is 4.68. The van der Waals surface area contributed by atoms with Gasteiger partial charge >= 0.3 is 5.97 Å². The van der Waals surface area contributed by atoms with Crippen LogP contribution in [0.4, 0.5) is 0 Å². The number of hydrogen-bond donors (Lipinski definition) is 1. The molecule has 1 atom stereocenters. The highest BCUT2D eigenvalue weighted by Gasteiger charge is 2.16. The Morgan fingerprint density at radius 3 is 2.66 bits per heavy atom. The molecule has 0 aliphatic heterocycles. The van der Waals surface area contributed by atoms with Crippen LogP contribution in [0, 0.1) is 0 Å². The monoisotopic (exact) mass is 395 g/mol. The zero-order chi connectivity index (χ0) is 20.6. The maximum atomic E-state index is 12.3. The molecule has 0 fully saturated rings. The summed E-state index contributed by atoms with van der Waals surface area (Å²) in [5.41, 5.74) is 2.38. The molecule has 0 aliphatic carbocycles. The lowest BCUT2D eigenvalue weighted by molar-refractivity contribution is -0.148. The molecule has 2 aromatic carbocycles. The smallest absolute Gasteiger partial charge is 0.310 e. The van der Waals surface area contributed by atoms with Crippen molar-refractivity contribution < 1.29 is 23.5 Å². The second-order valence-corrected chi connectivity index (χ2v) is 6.78. The van der Waals surface area contributed by atoms with Crippen molar-refractivity contribution in [2.24, 2.45) is 0 Å².